The number of rotatable bonds is 8. The zero-order valence-electron chi connectivity index (χ0n) is 13.1. The third-order valence-electron chi connectivity index (χ3n) is 4.23. The monoisotopic (exact) mass is 321 g/mol. The van der Waals surface area contributed by atoms with Crippen LogP contribution >= 0.6 is 0 Å². The minimum absolute atomic E-state index is 0.544. The van der Waals surface area contributed by atoms with Gasteiger partial charge in [0.2, 0.25) is 10.0 Å². The molecular weight excluding hydrogens is 294 g/mol. The summed E-state index contributed by atoms with van der Waals surface area (Å²) in [7, 11) is -1.41. The summed E-state index contributed by atoms with van der Waals surface area (Å²) in [6.45, 7) is 5.16. The van der Waals surface area contributed by atoms with Crippen LogP contribution in [0.25, 0.3) is 0 Å². The molecule has 1 atom stereocenters. The summed E-state index contributed by atoms with van der Waals surface area (Å²) < 4.78 is 24.3. The van der Waals surface area contributed by atoms with Gasteiger partial charge in [-0.3, -0.25) is 4.79 Å². The highest BCUT2D eigenvalue weighted by atomic mass is 32.2. The maximum atomic E-state index is 11.4. The van der Waals surface area contributed by atoms with Crippen LogP contribution in [0.3, 0.4) is 0 Å². The van der Waals surface area contributed by atoms with Crippen molar-refractivity contribution in [1.29, 1.82) is 0 Å². The quantitative estimate of drug-likeness (QED) is 0.602. The lowest BCUT2D eigenvalue weighted by Crippen LogP contribution is -2.49. The smallest absolute Gasteiger partial charge is 0.323 e. The SMILES string of the molecule is CNC(C)(CCCCN1CCN(S(C)(=O)=O)CC1)C(=O)O. The Morgan fingerprint density at radius 1 is 1.24 bits per heavy atom. The second-order valence-electron chi connectivity index (χ2n) is 5.85. The largest absolute Gasteiger partial charge is 0.480 e. The zero-order valence-corrected chi connectivity index (χ0v) is 13.9. The molecule has 1 aliphatic heterocycles. The first-order chi connectivity index (χ1) is 9.69. The molecule has 1 aliphatic rings. The molecule has 1 saturated heterocycles. The Balaban J connectivity index is 2.25. The van der Waals surface area contributed by atoms with E-state index in [1.165, 1.54) is 10.6 Å². The molecule has 1 fully saturated rings. The van der Waals surface area contributed by atoms with Crippen molar-refractivity contribution in [2.75, 3.05) is 46.0 Å². The van der Waals surface area contributed by atoms with E-state index >= 15 is 0 Å². The Morgan fingerprint density at radius 3 is 2.24 bits per heavy atom. The number of carboxylic acid groups (broad SMARTS) is 1. The minimum Gasteiger partial charge on any atom is -0.480 e. The van der Waals surface area contributed by atoms with E-state index in [0.29, 0.717) is 19.5 Å². The summed E-state index contributed by atoms with van der Waals surface area (Å²) in [6, 6.07) is 0. The molecule has 0 aromatic rings. The van der Waals surface area contributed by atoms with Crippen molar-refractivity contribution in [1.82, 2.24) is 14.5 Å². The third-order valence-corrected chi connectivity index (χ3v) is 5.53. The molecule has 0 spiro atoms. The van der Waals surface area contributed by atoms with Gasteiger partial charge in [-0.05, 0) is 39.8 Å². The minimum atomic E-state index is -3.07. The first kappa shape index (κ1) is 18.3. The van der Waals surface area contributed by atoms with Crippen LogP contribution in [0.5, 0.6) is 0 Å². The van der Waals surface area contributed by atoms with E-state index in [9.17, 15) is 13.2 Å². The molecule has 0 aromatic carbocycles. The van der Waals surface area contributed by atoms with Gasteiger partial charge in [-0.15, -0.1) is 0 Å². The molecule has 0 amide bonds. The fourth-order valence-corrected chi connectivity index (χ4v) is 3.26. The molecule has 21 heavy (non-hydrogen) atoms. The fourth-order valence-electron chi connectivity index (χ4n) is 2.44. The predicted octanol–water partition coefficient (Wildman–Crippen LogP) is -0.203. The molecular formula is C13H27N3O4S. The van der Waals surface area contributed by atoms with Crippen molar-refractivity contribution >= 4 is 16.0 Å². The summed E-state index contributed by atoms with van der Waals surface area (Å²) in [5.41, 5.74) is -0.866. The van der Waals surface area contributed by atoms with Crippen molar-refractivity contribution < 1.29 is 18.3 Å². The maximum Gasteiger partial charge on any atom is 0.323 e. The average molecular weight is 321 g/mol. The molecule has 124 valence electrons. The topological polar surface area (TPSA) is 90.0 Å². The van der Waals surface area contributed by atoms with Crippen molar-refractivity contribution in [3.05, 3.63) is 0 Å². The van der Waals surface area contributed by atoms with Gasteiger partial charge in [-0.1, -0.05) is 0 Å². The van der Waals surface area contributed by atoms with Crippen LogP contribution in [0.4, 0.5) is 0 Å². The number of carbonyl (C=O) groups is 1. The summed E-state index contributed by atoms with van der Waals surface area (Å²) >= 11 is 0. The zero-order chi connectivity index (χ0) is 16.1. The Kier molecular flexibility index (Phi) is 6.58. The maximum absolute atomic E-state index is 11.4. The number of piperazine rings is 1. The molecule has 0 radical (unpaired) electrons. The van der Waals surface area contributed by atoms with Gasteiger partial charge in [0.15, 0.2) is 0 Å². The fraction of sp³-hybridized carbons (Fsp3) is 0.923. The molecule has 2 N–H and O–H groups in total. The second kappa shape index (κ2) is 7.53. The predicted molar refractivity (Wildman–Crippen MR) is 81.8 cm³/mol. The Bertz CT molecular complexity index is 446. The lowest BCUT2D eigenvalue weighted by Gasteiger charge is -2.33. The first-order valence-electron chi connectivity index (χ1n) is 7.29. The Morgan fingerprint density at radius 2 is 1.81 bits per heavy atom. The summed E-state index contributed by atoms with van der Waals surface area (Å²) in [5, 5.41) is 12.0. The van der Waals surface area contributed by atoms with Gasteiger partial charge in [0, 0.05) is 26.2 Å². The van der Waals surface area contributed by atoms with Gasteiger partial charge in [0.05, 0.1) is 6.26 Å². The molecule has 0 aromatic heterocycles. The molecule has 7 nitrogen and oxygen atoms in total. The molecule has 8 heteroatoms. The summed E-state index contributed by atoms with van der Waals surface area (Å²) in [5.74, 6) is -0.827. The number of nitrogens with zero attached hydrogens (tertiary/aromatic N) is 2. The van der Waals surface area contributed by atoms with E-state index in [1.807, 2.05) is 0 Å². The van der Waals surface area contributed by atoms with Crippen LogP contribution in [-0.4, -0.2) is 80.3 Å². The summed E-state index contributed by atoms with van der Waals surface area (Å²) in [6.07, 6.45) is 3.58. The number of unbranched alkanes of at least 4 members (excludes halogenated alkanes) is 1. The summed E-state index contributed by atoms with van der Waals surface area (Å²) in [4.78, 5) is 13.4. The molecule has 1 rings (SSSR count). The first-order valence-corrected chi connectivity index (χ1v) is 9.13. The van der Waals surface area contributed by atoms with E-state index in [0.717, 1.165) is 32.5 Å². The number of likely N-dealkylation sites (N-methyl/N-ethyl adjacent to an activating group) is 1. The number of hydrogen-bond donors (Lipinski definition) is 2. The second-order valence-corrected chi connectivity index (χ2v) is 7.83. The van der Waals surface area contributed by atoms with E-state index < -0.39 is 21.5 Å². The van der Waals surface area contributed by atoms with E-state index in [-0.39, 0.29) is 0 Å². The van der Waals surface area contributed by atoms with Crippen molar-refractivity contribution in [2.45, 2.75) is 31.7 Å². The number of aliphatic carboxylic acids is 1. The van der Waals surface area contributed by atoms with Gasteiger partial charge in [-0.2, -0.15) is 4.31 Å². The van der Waals surface area contributed by atoms with Gasteiger partial charge in [0.25, 0.3) is 0 Å². The van der Waals surface area contributed by atoms with Crippen LogP contribution in [0, 0.1) is 0 Å². The molecule has 0 saturated carbocycles. The molecule has 0 aliphatic carbocycles. The highest BCUT2D eigenvalue weighted by molar-refractivity contribution is 7.88. The van der Waals surface area contributed by atoms with Gasteiger partial charge >= 0.3 is 5.97 Å². The average Bonchev–Trinajstić information content (AvgIpc) is 2.42. The Hall–Kier alpha value is -0.700. The van der Waals surface area contributed by atoms with Crippen LogP contribution in [0.2, 0.25) is 0 Å². The lowest BCUT2D eigenvalue weighted by atomic mass is 9.95. The highest BCUT2D eigenvalue weighted by Crippen LogP contribution is 2.14. The molecule has 1 unspecified atom stereocenters. The number of sulfonamides is 1. The molecule has 1 heterocycles. The van der Waals surface area contributed by atoms with Crippen LogP contribution in [0.1, 0.15) is 26.2 Å². The van der Waals surface area contributed by atoms with Crippen molar-refractivity contribution in [2.24, 2.45) is 0 Å². The molecule has 0 bridgehead atoms. The van der Waals surface area contributed by atoms with E-state index in [1.54, 1.807) is 14.0 Å². The number of carboxylic acids is 1. The van der Waals surface area contributed by atoms with Gasteiger partial charge in [-0.25, -0.2) is 8.42 Å². The highest BCUT2D eigenvalue weighted by Gasteiger charge is 2.30. The van der Waals surface area contributed by atoms with E-state index in [2.05, 4.69) is 10.2 Å². The standard InChI is InChI=1S/C13H27N3O4S/c1-13(14-2,12(17)18)6-4-5-7-15-8-10-16(11-9-15)21(3,19)20/h14H,4-11H2,1-3H3,(H,17,18). The van der Waals surface area contributed by atoms with Gasteiger partial charge < -0.3 is 15.3 Å². The third kappa shape index (κ3) is 5.54. The normalized spacial score (nSPS) is 21.1. The van der Waals surface area contributed by atoms with Crippen LogP contribution < -0.4 is 5.32 Å². The number of hydrogen-bond acceptors (Lipinski definition) is 5. The van der Waals surface area contributed by atoms with Crippen molar-refractivity contribution in [3.63, 3.8) is 0 Å². The van der Waals surface area contributed by atoms with E-state index in [4.69, 9.17) is 5.11 Å². The van der Waals surface area contributed by atoms with Crippen LogP contribution in [-0.2, 0) is 14.8 Å². The Labute approximate surface area is 127 Å². The lowest BCUT2D eigenvalue weighted by molar-refractivity contribution is -0.144. The van der Waals surface area contributed by atoms with Crippen molar-refractivity contribution in [3.8, 4) is 0 Å². The van der Waals surface area contributed by atoms with Gasteiger partial charge in [0.1, 0.15) is 5.54 Å². The number of nitrogens with one attached hydrogen (secondary N) is 1. The van der Waals surface area contributed by atoms with Crippen LogP contribution in [0.15, 0.2) is 0 Å².